The van der Waals surface area contributed by atoms with Crippen LogP contribution in [0.3, 0.4) is 0 Å². The van der Waals surface area contributed by atoms with Gasteiger partial charge >= 0.3 is 0 Å². The van der Waals surface area contributed by atoms with Crippen LogP contribution >= 0.6 is 0 Å². The quantitative estimate of drug-likeness (QED) is 0.541. The van der Waals surface area contributed by atoms with Gasteiger partial charge in [-0.1, -0.05) is 24.3 Å². The Kier molecular flexibility index (Phi) is 7.30. The molecule has 0 saturated carbocycles. The van der Waals surface area contributed by atoms with Gasteiger partial charge < -0.3 is 24.6 Å². The highest BCUT2D eigenvalue weighted by Crippen LogP contribution is 2.27. The minimum absolute atomic E-state index is 0.0636. The first-order valence-corrected chi connectivity index (χ1v) is 11.3. The van der Waals surface area contributed by atoms with Crippen molar-refractivity contribution < 1.29 is 23.9 Å². The smallest absolute Gasteiger partial charge is 0.259 e. The molecule has 0 aliphatic carbocycles. The van der Waals surface area contributed by atoms with Crippen LogP contribution in [-0.2, 0) is 9.59 Å². The Hall–Kier alpha value is -4.33. The van der Waals surface area contributed by atoms with Gasteiger partial charge in [-0.2, -0.15) is 0 Å². The number of anilines is 1. The van der Waals surface area contributed by atoms with Crippen molar-refractivity contribution in [3.63, 3.8) is 0 Å². The van der Waals surface area contributed by atoms with Crippen LogP contribution < -0.4 is 19.7 Å². The molecule has 0 spiro atoms. The van der Waals surface area contributed by atoms with Crippen molar-refractivity contribution in [1.82, 2.24) is 10.2 Å². The van der Waals surface area contributed by atoms with Crippen LogP contribution in [0.5, 0.6) is 17.2 Å². The Morgan fingerprint density at radius 1 is 0.943 bits per heavy atom. The fraction of sp³-hybridized carbons (Fsp3) is 0.222. The molecule has 4 rings (SSSR count). The second-order valence-corrected chi connectivity index (χ2v) is 8.39. The molecule has 1 fully saturated rings. The van der Waals surface area contributed by atoms with Crippen LogP contribution in [0.4, 0.5) is 5.69 Å². The first-order chi connectivity index (χ1) is 16.9. The van der Waals surface area contributed by atoms with E-state index in [2.05, 4.69) is 5.32 Å². The number of hydrogen-bond donors (Lipinski definition) is 1. The zero-order valence-corrected chi connectivity index (χ0v) is 19.6. The molecule has 1 unspecified atom stereocenters. The van der Waals surface area contributed by atoms with Gasteiger partial charge in [0.2, 0.25) is 5.91 Å². The SMILES string of the molecule is CN(C)C(=O)COc1cccc(C(=O)NC2CC(=O)N(c3ccc(Oc4ccccc4)cc3)C2)c1. The average molecular weight is 474 g/mol. The normalized spacial score (nSPS) is 15.0. The topological polar surface area (TPSA) is 88.2 Å². The second-order valence-electron chi connectivity index (χ2n) is 8.39. The summed E-state index contributed by atoms with van der Waals surface area (Å²) in [5.74, 6) is 1.29. The van der Waals surface area contributed by atoms with E-state index < -0.39 is 0 Å². The third-order valence-electron chi connectivity index (χ3n) is 5.54. The molecular weight excluding hydrogens is 446 g/mol. The van der Waals surface area contributed by atoms with E-state index in [1.807, 2.05) is 54.6 Å². The predicted molar refractivity (Wildman–Crippen MR) is 132 cm³/mol. The Labute approximate surface area is 204 Å². The molecule has 0 bridgehead atoms. The number of benzene rings is 3. The molecular formula is C27H27N3O5. The van der Waals surface area contributed by atoms with Crippen molar-refractivity contribution in [3.05, 3.63) is 84.4 Å². The Bertz CT molecular complexity index is 1190. The van der Waals surface area contributed by atoms with E-state index in [9.17, 15) is 14.4 Å². The summed E-state index contributed by atoms with van der Waals surface area (Å²) in [6, 6.07) is 23.0. The van der Waals surface area contributed by atoms with Crippen LogP contribution in [-0.4, -0.2) is 55.9 Å². The van der Waals surface area contributed by atoms with Gasteiger partial charge in [0, 0.05) is 38.3 Å². The Balaban J connectivity index is 1.34. The second kappa shape index (κ2) is 10.7. The zero-order valence-electron chi connectivity index (χ0n) is 19.6. The van der Waals surface area contributed by atoms with E-state index in [4.69, 9.17) is 9.47 Å². The van der Waals surface area contributed by atoms with Gasteiger partial charge in [-0.25, -0.2) is 0 Å². The molecule has 35 heavy (non-hydrogen) atoms. The minimum atomic E-state index is -0.324. The lowest BCUT2D eigenvalue weighted by Crippen LogP contribution is -2.37. The lowest BCUT2D eigenvalue weighted by atomic mass is 10.1. The van der Waals surface area contributed by atoms with Crippen LogP contribution in [0.25, 0.3) is 0 Å². The summed E-state index contributed by atoms with van der Waals surface area (Å²) in [6.07, 6.45) is 0.210. The van der Waals surface area contributed by atoms with E-state index in [-0.39, 0.29) is 36.8 Å². The fourth-order valence-corrected chi connectivity index (χ4v) is 3.64. The number of likely N-dealkylation sites (N-methyl/N-ethyl adjacent to an activating group) is 1. The maximum Gasteiger partial charge on any atom is 0.259 e. The summed E-state index contributed by atoms with van der Waals surface area (Å²) >= 11 is 0. The van der Waals surface area contributed by atoms with Crippen molar-refractivity contribution in [2.75, 3.05) is 32.1 Å². The lowest BCUT2D eigenvalue weighted by Gasteiger charge is -2.18. The first kappa shape index (κ1) is 23.8. The van der Waals surface area contributed by atoms with Gasteiger partial charge in [0.1, 0.15) is 17.2 Å². The van der Waals surface area contributed by atoms with Gasteiger partial charge in [-0.05, 0) is 54.6 Å². The third kappa shape index (κ3) is 6.17. The molecule has 0 radical (unpaired) electrons. The van der Waals surface area contributed by atoms with E-state index in [1.54, 1.807) is 43.3 Å². The molecule has 8 nitrogen and oxygen atoms in total. The number of nitrogens with zero attached hydrogens (tertiary/aromatic N) is 2. The Morgan fingerprint density at radius 2 is 1.63 bits per heavy atom. The van der Waals surface area contributed by atoms with Crippen molar-refractivity contribution in [3.8, 4) is 17.2 Å². The molecule has 180 valence electrons. The summed E-state index contributed by atoms with van der Waals surface area (Å²) < 4.78 is 11.3. The molecule has 1 atom stereocenters. The molecule has 1 heterocycles. The van der Waals surface area contributed by atoms with E-state index >= 15 is 0 Å². The number of ether oxygens (including phenoxy) is 2. The molecule has 1 N–H and O–H groups in total. The van der Waals surface area contributed by atoms with Gasteiger partial charge in [-0.15, -0.1) is 0 Å². The number of nitrogens with one attached hydrogen (secondary N) is 1. The van der Waals surface area contributed by atoms with E-state index in [0.717, 1.165) is 11.4 Å². The zero-order chi connectivity index (χ0) is 24.8. The van der Waals surface area contributed by atoms with E-state index in [1.165, 1.54) is 4.90 Å². The first-order valence-electron chi connectivity index (χ1n) is 11.3. The van der Waals surface area contributed by atoms with E-state index in [0.29, 0.717) is 23.6 Å². The van der Waals surface area contributed by atoms with Crippen LogP contribution in [0.2, 0.25) is 0 Å². The molecule has 3 amide bonds. The summed E-state index contributed by atoms with van der Waals surface area (Å²) in [5.41, 5.74) is 1.14. The molecule has 0 aromatic heterocycles. The standard InChI is InChI=1S/C27H27N3O5/c1-29(2)26(32)18-34-24-10-6-7-19(15-24)27(33)28-20-16-25(31)30(17-20)21-11-13-23(14-12-21)35-22-8-4-3-5-9-22/h3-15,20H,16-18H2,1-2H3,(H,28,33). The number of amides is 3. The largest absolute Gasteiger partial charge is 0.484 e. The maximum absolute atomic E-state index is 12.8. The number of rotatable bonds is 8. The number of hydrogen-bond acceptors (Lipinski definition) is 5. The average Bonchev–Trinajstić information content (AvgIpc) is 3.23. The van der Waals surface area contributed by atoms with Gasteiger partial charge in [-0.3, -0.25) is 14.4 Å². The number of para-hydroxylation sites is 1. The van der Waals surface area contributed by atoms with Crippen LogP contribution in [0.15, 0.2) is 78.9 Å². The third-order valence-corrected chi connectivity index (χ3v) is 5.54. The predicted octanol–water partition coefficient (Wildman–Crippen LogP) is 3.48. The van der Waals surface area contributed by atoms with Crippen molar-refractivity contribution in [1.29, 1.82) is 0 Å². The summed E-state index contributed by atoms with van der Waals surface area (Å²) in [5, 5.41) is 2.92. The molecule has 3 aromatic carbocycles. The van der Waals surface area contributed by atoms with Gasteiger partial charge in [0.25, 0.3) is 11.8 Å². The molecule has 1 aliphatic rings. The van der Waals surface area contributed by atoms with Crippen LogP contribution in [0, 0.1) is 0 Å². The monoisotopic (exact) mass is 473 g/mol. The van der Waals surface area contributed by atoms with Crippen LogP contribution in [0.1, 0.15) is 16.8 Å². The summed E-state index contributed by atoms with van der Waals surface area (Å²) in [7, 11) is 3.29. The minimum Gasteiger partial charge on any atom is -0.484 e. The molecule has 1 aliphatic heterocycles. The van der Waals surface area contributed by atoms with Crippen molar-refractivity contribution in [2.24, 2.45) is 0 Å². The van der Waals surface area contributed by atoms with Crippen molar-refractivity contribution >= 4 is 23.4 Å². The molecule has 3 aromatic rings. The number of carbonyl (C=O) groups excluding carboxylic acids is 3. The number of carbonyl (C=O) groups is 3. The maximum atomic E-state index is 12.8. The highest BCUT2D eigenvalue weighted by Gasteiger charge is 2.31. The molecule has 1 saturated heterocycles. The molecule has 8 heteroatoms. The van der Waals surface area contributed by atoms with Gasteiger partial charge in [0.15, 0.2) is 6.61 Å². The Morgan fingerprint density at radius 3 is 2.34 bits per heavy atom. The highest BCUT2D eigenvalue weighted by molar-refractivity contribution is 5.99. The fourth-order valence-electron chi connectivity index (χ4n) is 3.64. The van der Waals surface area contributed by atoms with Crippen molar-refractivity contribution in [2.45, 2.75) is 12.5 Å². The summed E-state index contributed by atoms with van der Waals surface area (Å²) in [4.78, 5) is 40.2. The summed E-state index contributed by atoms with van der Waals surface area (Å²) in [6.45, 7) is 0.260. The highest BCUT2D eigenvalue weighted by atomic mass is 16.5. The van der Waals surface area contributed by atoms with Gasteiger partial charge in [0.05, 0.1) is 6.04 Å². The lowest BCUT2D eigenvalue weighted by molar-refractivity contribution is -0.130.